The predicted octanol–water partition coefficient (Wildman–Crippen LogP) is -1.30. The van der Waals surface area contributed by atoms with Gasteiger partial charge in [0.1, 0.15) is 0 Å². The smallest absolute Gasteiger partial charge is 0.332 e. The first-order valence-electron chi connectivity index (χ1n) is 3.53. The number of nitrogens with zero attached hydrogens (tertiary/aromatic N) is 1. The van der Waals surface area contributed by atoms with E-state index in [9.17, 15) is 4.79 Å². The molecule has 0 aromatic heterocycles. The third kappa shape index (κ3) is 5.63. The molecule has 0 aromatic rings. The molecule has 70 valence electrons. The number of nitrogens with one attached hydrogen (secondary N) is 1. The Morgan fingerprint density at radius 1 is 1.75 bits per heavy atom. The molecule has 1 unspecified atom stereocenters. The van der Waals surface area contributed by atoms with Crippen LogP contribution in [0.15, 0.2) is 4.99 Å². The fourth-order valence-corrected chi connectivity index (χ4v) is 0.617. The van der Waals surface area contributed by atoms with Gasteiger partial charge in [0, 0.05) is 6.54 Å². The predicted molar refractivity (Wildman–Crippen MR) is 43.6 cm³/mol. The van der Waals surface area contributed by atoms with Crippen LogP contribution in [-0.2, 0) is 4.79 Å². The topological polar surface area (TPSA) is 108 Å². The Bertz CT molecular complexity index is 160. The lowest BCUT2D eigenvalue weighted by atomic mass is 10.2. The minimum atomic E-state index is -1.29. The number of carbonyl (C=O) groups is 1. The molecular weight excluding hydrogens is 162 g/mol. The highest BCUT2D eigenvalue weighted by Gasteiger charge is 2.11. The second-order valence-electron chi connectivity index (χ2n) is 2.20. The first kappa shape index (κ1) is 10.9. The summed E-state index contributed by atoms with van der Waals surface area (Å²) in [6, 6.07) is 0. The van der Waals surface area contributed by atoms with Crippen molar-refractivity contribution in [2.45, 2.75) is 18.9 Å². The minimum Gasteiger partial charge on any atom is -0.479 e. The first-order valence-corrected chi connectivity index (χ1v) is 3.53. The van der Waals surface area contributed by atoms with E-state index in [-0.39, 0.29) is 6.42 Å². The van der Waals surface area contributed by atoms with Crippen molar-refractivity contribution in [1.29, 1.82) is 0 Å². The number of carboxylic acids is 1. The summed E-state index contributed by atoms with van der Waals surface area (Å²) in [5.74, 6) is 3.68. The fourth-order valence-electron chi connectivity index (χ4n) is 0.617. The molecule has 0 aliphatic rings. The van der Waals surface area contributed by atoms with E-state index in [2.05, 4.69) is 10.4 Å². The number of aliphatic imine (C=N–C) groups is 1. The molecule has 0 heterocycles. The number of hydrogen-bond acceptors (Lipinski definition) is 4. The maximum Gasteiger partial charge on any atom is 0.332 e. The van der Waals surface area contributed by atoms with Crippen LogP contribution in [0.2, 0.25) is 0 Å². The van der Waals surface area contributed by atoms with Crippen molar-refractivity contribution in [3.8, 4) is 0 Å². The molecule has 0 amide bonds. The summed E-state index contributed by atoms with van der Waals surface area (Å²) >= 11 is 0. The molecule has 0 bridgehead atoms. The Morgan fingerprint density at radius 3 is 2.92 bits per heavy atom. The number of aliphatic hydroxyl groups excluding tert-OH is 1. The highest BCUT2D eigenvalue weighted by molar-refractivity contribution is 5.71. The third-order valence-electron chi connectivity index (χ3n) is 1.22. The van der Waals surface area contributed by atoms with Gasteiger partial charge in [0.15, 0.2) is 6.10 Å². The molecule has 0 aliphatic heterocycles. The summed E-state index contributed by atoms with van der Waals surface area (Å²) in [5, 5.41) is 17.1. The molecule has 0 saturated heterocycles. The van der Waals surface area contributed by atoms with E-state index in [1.54, 1.807) is 0 Å². The number of aliphatic hydroxyl groups is 1. The van der Waals surface area contributed by atoms with E-state index in [0.29, 0.717) is 13.0 Å². The van der Waals surface area contributed by atoms with Crippen LogP contribution >= 0.6 is 0 Å². The molecule has 1 atom stereocenters. The number of carboxylic acid groups (broad SMARTS) is 1. The van der Waals surface area contributed by atoms with Gasteiger partial charge in [0.05, 0.1) is 6.34 Å². The molecule has 6 heteroatoms. The molecule has 0 saturated carbocycles. The van der Waals surface area contributed by atoms with Gasteiger partial charge >= 0.3 is 5.97 Å². The molecule has 0 fully saturated rings. The van der Waals surface area contributed by atoms with Crippen LogP contribution in [0, 0.1) is 0 Å². The van der Waals surface area contributed by atoms with Crippen molar-refractivity contribution >= 4 is 12.3 Å². The average molecular weight is 175 g/mol. The van der Waals surface area contributed by atoms with Crippen LogP contribution in [0.5, 0.6) is 0 Å². The lowest BCUT2D eigenvalue weighted by Crippen LogP contribution is -2.20. The van der Waals surface area contributed by atoms with Gasteiger partial charge in [-0.15, -0.1) is 0 Å². The SMILES string of the molecule is NNC=NCCCC(O)C(=O)O. The van der Waals surface area contributed by atoms with E-state index >= 15 is 0 Å². The van der Waals surface area contributed by atoms with Gasteiger partial charge in [-0.3, -0.25) is 4.99 Å². The highest BCUT2D eigenvalue weighted by Crippen LogP contribution is 1.96. The van der Waals surface area contributed by atoms with E-state index in [0.717, 1.165) is 0 Å². The van der Waals surface area contributed by atoms with Crippen LogP contribution in [0.4, 0.5) is 0 Å². The first-order chi connectivity index (χ1) is 5.68. The number of rotatable bonds is 6. The molecule has 0 aliphatic carbocycles. The van der Waals surface area contributed by atoms with Crippen LogP contribution in [0.3, 0.4) is 0 Å². The fraction of sp³-hybridized carbons (Fsp3) is 0.667. The Hall–Kier alpha value is -1.14. The average Bonchev–Trinajstić information content (AvgIpc) is 2.03. The Balaban J connectivity index is 3.31. The molecular formula is C6H13N3O3. The van der Waals surface area contributed by atoms with Gasteiger partial charge < -0.3 is 15.6 Å². The van der Waals surface area contributed by atoms with E-state index in [4.69, 9.17) is 16.1 Å². The zero-order valence-electron chi connectivity index (χ0n) is 6.60. The Kier molecular flexibility index (Phi) is 5.94. The summed E-state index contributed by atoms with van der Waals surface area (Å²) in [7, 11) is 0. The van der Waals surface area contributed by atoms with Crippen molar-refractivity contribution in [3.05, 3.63) is 0 Å². The van der Waals surface area contributed by atoms with E-state index in [1.807, 2.05) is 0 Å². The van der Waals surface area contributed by atoms with Crippen LogP contribution in [-0.4, -0.2) is 35.2 Å². The molecule has 0 spiro atoms. The Labute approximate surface area is 70.1 Å². The van der Waals surface area contributed by atoms with Crippen LogP contribution < -0.4 is 11.3 Å². The second-order valence-corrected chi connectivity index (χ2v) is 2.20. The van der Waals surface area contributed by atoms with Crippen LogP contribution in [0.25, 0.3) is 0 Å². The van der Waals surface area contributed by atoms with Gasteiger partial charge in [0.25, 0.3) is 0 Å². The van der Waals surface area contributed by atoms with Crippen molar-refractivity contribution in [3.63, 3.8) is 0 Å². The maximum absolute atomic E-state index is 10.1. The van der Waals surface area contributed by atoms with Gasteiger partial charge in [-0.25, -0.2) is 10.6 Å². The molecule has 5 N–H and O–H groups in total. The summed E-state index contributed by atoms with van der Waals surface area (Å²) in [5.41, 5.74) is 2.21. The lowest BCUT2D eigenvalue weighted by molar-refractivity contribution is -0.146. The summed E-state index contributed by atoms with van der Waals surface area (Å²) < 4.78 is 0. The number of aliphatic carboxylic acids is 1. The van der Waals surface area contributed by atoms with E-state index in [1.165, 1.54) is 6.34 Å². The molecule has 0 rings (SSSR count). The summed E-state index contributed by atoms with van der Waals surface area (Å²) in [4.78, 5) is 13.9. The normalized spacial score (nSPS) is 13.2. The van der Waals surface area contributed by atoms with Gasteiger partial charge in [-0.2, -0.15) is 0 Å². The third-order valence-corrected chi connectivity index (χ3v) is 1.22. The van der Waals surface area contributed by atoms with Crippen molar-refractivity contribution in [2.75, 3.05) is 6.54 Å². The number of hydrazine groups is 1. The zero-order valence-corrected chi connectivity index (χ0v) is 6.60. The molecule has 6 nitrogen and oxygen atoms in total. The summed E-state index contributed by atoms with van der Waals surface area (Å²) in [6.45, 7) is 0.453. The highest BCUT2D eigenvalue weighted by atomic mass is 16.4. The van der Waals surface area contributed by atoms with Gasteiger partial charge in [0.2, 0.25) is 0 Å². The van der Waals surface area contributed by atoms with Gasteiger partial charge in [-0.05, 0) is 12.8 Å². The largest absolute Gasteiger partial charge is 0.479 e. The lowest BCUT2D eigenvalue weighted by Gasteiger charge is -2.01. The van der Waals surface area contributed by atoms with Crippen molar-refractivity contribution < 1.29 is 15.0 Å². The molecule has 0 aromatic carbocycles. The van der Waals surface area contributed by atoms with Gasteiger partial charge in [-0.1, -0.05) is 0 Å². The monoisotopic (exact) mass is 175 g/mol. The van der Waals surface area contributed by atoms with Crippen molar-refractivity contribution in [1.82, 2.24) is 5.43 Å². The quantitative estimate of drug-likeness (QED) is 0.132. The zero-order chi connectivity index (χ0) is 9.40. The van der Waals surface area contributed by atoms with Crippen molar-refractivity contribution in [2.24, 2.45) is 10.8 Å². The van der Waals surface area contributed by atoms with Crippen LogP contribution in [0.1, 0.15) is 12.8 Å². The number of nitrogens with two attached hydrogens (primary N) is 1. The number of hydrogen-bond donors (Lipinski definition) is 4. The molecule has 12 heavy (non-hydrogen) atoms. The standard InChI is InChI=1S/C6H13N3O3/c7-9-4-8-3-1-2-5(10)6(11)12/h4-5,10H,1-3,7H2,(H,8,9)(H,11,12). The van der Waals surface area contributed by atoms with E-state index < -0.39 is 12.1 Å². The Morgan fingerprint density at radius 2 is 2.42 bits per heavy atom. The molecule has 0 radical (unpaired) electrons. The second kappa shape index (κ2) is 6.56. The summed E-state index contributed by atoms with van der Waals surface area (Å²) in [6.07, 6.45) is 0.752. The minimum absolute atomic E-state index is 0.206. The maximum atomic E-state index is 10.1.